The topological polar surface area (TPSA) is 84.7 Å². The minimum atomic E-state index is -4.60. The van der Waals surface area contributed by atoms with Gasteiger partial charge in [0.05, 0.1) is 24.9 Å². The summed E-state index contributed by atoms with van der Waals surface area (Å²) in [7, 11) is 1.24. The van der Waals surface area contributed by atoms with Crippen LogP contribution in [0.4, 0.5) is 13.2 Å². The number of rotatable bonds is 5. The molecule has 1 aromatic heterocycles. The van der Waals surface area contributed by atoms with Crippen molar-refractivity contribution in [1.29, 1.82) is 0 Å². The molecule has 1 N–H and O–H groups in total. The molecule has 1 aliphatic rings. The highest BCUT2D eigenvalue weighted by Gasteiger charge is 2.32. The number of hydrogen-bond acceptors (Lipinski definition) is 5. The van der Waals surface area contributed by atoms with Crippen LogP contribution in [0.5, 0.6) is 5.75 Å². The Hall–Kier alpha value is -3.04. The predicted molar refractivity (Wildman–Crippen MR) is 104 cm³/mol. The lowest BCUT2D eigenvalue weighted by atomic mass is 10.1. The molecule has 1 fully saturated rings. The van der Waals surface area contributed by atoms with E-state index in [1.54, 1.807) is 18.7 Å². The molecule has 0 bridgehead atoms. The van der Waals surface area contributed by atoms with Crippen molar-refractivity contribution < 1.29 is 32.0 Å². The van der Waals surface area contributed by atoms with Crippen molar-refractivity contribution >= 4 is 11.8 Å². The van der Waals surface area contributed by atoms with Gasteiger partial charge in [-0.15, -0.1) is 0 Å². The Morgan fingerprint density at radius 3 is 2.65 bits per heavy atom. The second-order valence-electron chi connectivity index (χ2n) is 7.56. The Morgan fingerprint density at radius 1 is 1.29 bits per heavy atom. The molecule has 7 nitrogen and oxygen atoms in total. The van der Waals surface area contributed by atoms with Gasteiger partial charge < -0.3 is 19.5 Å². The number of ether oxygens (including phenoxy) is 1. The predicted octanol–water partition coefficient (Wildman–Crippen LogP) is 3.63. The maximum Gasteiger partial charge on any atom is 0.416 e. The Bertz CT molecular complexity index is 952. The van der Waals surface area contributed by atoms with E-state index in [0.29, 0.717) is 31.7 Å². The van der Waals surface area contributed by atoms with E-state index in [-0.39, 0.29) is 29.7 Å². The van der Waals surface area contributed by atoms with E-state index in [4.69, 9.17) is 9.26 Å². The van der Waals surface area contributed by atoms with Gasteiger partial charge in [-0.05, 0) is 44.9 Å². The molecule has 31 heavy (non-hydrogen) atoms. The van der Waals surface area contributed by atoms with Crippen LogP contribution >= 0.6 is 0 Å². The summed E-state index contributed by atoms with van der Waals surface area (Å²) in [4.78, 5) is 26.8. The molecule has 1 aromatic carbocycles. The van der Waals surface area contributed by atoms with Crippen LogP contribution in [0.25, 0.3) is 0 Å². The number of nitrogens with zero attached hydrogens (tertiary/aromatic N) is 2. The zero-order valence-corrected chi connectivity index (χ0v) is 17.5. The van der Waals surface area contributed by atoms with Crippen molar-refractivity contribution in [2.75, 3.05) is 13.7 Å². The number of carbonyl (C=O) groups is 2. The van der Waals surface area contributed by atoms with Crippen LogP contribution in [0.1, 0.15) is 52.2 Å². The summed E-state index contributed by atoms with van der Waals surface area (Å²) in [6.45, 7) is 4.36. The van der Waals surface area contributed by atoms with E-state index >= 15 is 0 Å². The SMILES string of the molecule is COc1cc(C(=O)NC2CCC(=O)N(Cc3c(C)noc3C)CC2)cc(C(F)(F)F)c1. The van der Waals surface area contributed by atoms with E-state index in [1.165, 1.54) is 13.2 Å². The first-order chi connectivity index (χ1) is 14.6. The van der Waals surface area contributed by atoms with E-state index < -0.39 is 17.6 Å². The van der Waals surface area contributed by atoms with Crippen LogP contribution in [0.2, 0.25) is 0 Å². The van der Waals surface area contributed by atoms with Crippen molar-refractivity contribution in [3.8, 4) is 5.75 Å². The van der Waals surface area contributed by atoms with Crippen LogP contribution in [0.15, 0.2) is 22.7 Å². The van der Waals surface area contributed by atoms with Crippen LogP contribution in [-0.2, 0) is 17.5 Å². The standard InChI is InChI=1S/C21H24F3N3O4/c1-12-18(13(2)31-26-12)11-27-7-6-16(4-5-19(27)28)25-20(29)14-8-15(21(22,23)24)10-17(9-14)30-3/h8-10,16H,4-7,11H2,1-3H3,(H,25,29). The maximum atomic E-state index is 13.1. The van der Waals surface area contributed by atoms with Gasteiger partial charge >= 0.3 is 6.18 Å². The summed E-state index contributed by atoms with van der Waals surface area (Å²) in [5.41, 5.74) is 0.471. The average Bonchev–Trinajstić information content (AvgIpc) is 2.93. The first kappa shape index (κ1) is 22.6. The summed E-state index contributed by atoms with van der Waals surface area (Å²) in [5, 5.41) is 6.65. The Labute approximate surface area is 177 Å². The molecule has 1 atom stereocenters. The average molecular weight is 439 g/mol. The van der Waals surface area contributed by atoms with Gasteiger partial charge in [0.2, 0.25) is 5.91 Å². The molecule has 10 heteroatoms. The number of nitrogens with one attached hydrogen (secondary N) is 1. The number of aryl methyl sites for hydroxylation is 2. The van der Waals surface area contributed by atoms with Crippen LogP contribution in [0.3, 0.4) is 0 Å². The van der Waals surface area contributed by atoms with Gasteiger partial charge in [0.25, 0.3) is 5.91 Å². The summed E-state index contributed by atoms with van der Waals surface area (Å²) in [6.07, 6.45) is -3.49. The molecule has 0 spiro atoms. The lowest BCUT2D eigenvalue weighted by Gasteiger charge is -2.21. The number of hydrogen-bond donors (Lipinski definition) is 1. The van der Waals surface area contributed by atoms with Gasteiger partial charge in [-0.1, -0.05) is 5.16 Å². The second-order valence-corrected chi connectivity index (χ2v) is 7.56. The van der Waals surface area contributed by atoms with Gasteiger partial charge in [0.15, 0.2) is 0 Å². The molecule has 2 amide bonds. The fourth-order valence-corrected chi connectivity index (χ4v) is 3.55. The van der Waals surface area contributed by atoms with E-state index in [0.717, 1.165) is 23.4 Å². The van der Waals surface area contributed by atoms with Gasteiger partial charge in [0, 0.05) is 30.1 Å². The molecular weight excluding hydrogens is 415 g/mol. The zero-order chi connectivity index (χ0) is 22.8. The Kier molecular flexibility index (Phi) is 6.56. The fourth-order valence-electron chi connectivity index (χ4n) is 3.55. The van der Waals surface area contributed by atoms with E-state index in [9.17, 15) is 22.8 Å². The largest absolute Gasteiger partial charge is 0.497 e. The Morgan fingerprint density at radius 2 is 2.03 bits per heavy atom. The number of likely N-dealkylation sites (tertiary alicyclic amines) is 1. The summed E-state index contributed by atoms with van der Waals surface area (Å²) < 4.78 is 49.4. The number of methoxy groups -OCH3 is 1. The number of alkyl halides is 3. The van der Waals surface area contributed by atoms with Crippen molar-refractivity contribution in [3.63, 3.8) is 0 Å². The molecule has 3 rings (SSSR count). The lowest BCUT2D eigenvalue weighted by molar-refractivity contribution is -0.137. The van der Waals surface area contributed by atoms with Crippen molar-refractivity contribution in [3.05, 3.63) is 46.3 Å². The number of benzene rings is 1. The van der Waals surface area contributed by atoms with Gasteiger partial charge in [-0.3, -0.25) is 9.59 Å². The smallest absolute Gasteiger partial charge is 0.416 e. The van der Waals surface area contributed by atoms with Gasteiger partial charge in [-0.25, -0.2) is 0 Å². The van der Waals surface area contributed by atoms with E-state index in [2.05, 4.69) is 10.5 Å². The van der Waals surface area contributed by atoms with Crippen LogP contribution < -0.4 is 10.1 Å². The Balaban J connectivity index is 1.68. The van der Waals surface area contributed by atoms with Gasteiger partial charge in [0.1, 0.15) is 11.5 Å². The highest BCUT2D eigenvalue weighted by Crippen LogP contribution is 2.32. The number of amides is 2. The van der Waals surface area contributed by atoms with Gasteiger partial charge in [-0.2, -0.15) is 13.2 Å². The van der Waals surface area contributed by atoms with Crippen molar-refractivity contribution in [2.45, 2.75) is 51.9 Å². The normalized spacial score (nSPS) is 17.4. The molecule has 1 unspecified atom stereocenters. The zero-order valence-electron chi connectivity index (χ0n) is 17.5. The minimum Gasteiger partial charge on any atom is -0.497 e. The number of halogens is 3. The third-order valence-corrected chi connectivity index (χ3v) is 5.40. The van der Waals surface area contributed by atoms with E-state index in [1.807, 2.05) is 0 Å². The molecule has 2 aromatic rings. The van der Waals surface area contributed by atoms with Crippen molar-refractivity contribution in [1.82, 2.24) is 15.4 Å². The molecule has 2 heterocycles. The van der Waals surface area contributed by atoms with Crippen molar-refractivity contribution in [2.24, 2.45) is 0 Å². The molecule has 168 valence electrons. The molecular formula is C21H24F3N3O4. The summed E-state index contributed by atoms with van der Waals surface area (Å²) in [6, 6.07) is 2.56. The first-order valence-electron chi connectivity index (χ1n) is 9.85. The second kappa shape index (κ2) is 8.99. The molecule has 1 aliphatic heterocycles. The quantitative estimate of drug-likeness (QED) is 0.769. The maximum absolute atomic E-state index is 13.1. The monoisotopic (exact) mass is 439 g/mol. The molecule has 1 saturated heterocycles. The first-order valence-corrected chi connectivity index (χ1v) is 9.85. The lowest BCUT2D eigenvalue weighted by Crippen LogP contribution is -2.36. The summed E-state index contributed by atoms with van der Waals surface area (Å²) in [5.74, 6) is -0.0990. The fraction of sp³-hybridized carbons (Fsp3) is 0.476. The molecule has 0 aliphatic carbocycles. The highest BCUT2D eigenvalue weighted by molar-refractivity contribution is 5.95. The highest BCUT2D eigenvalue weighted by atomic mass is 19.4. The van der Waals surface area contributed by atoms with Crippen LogP contribution in [-0.4, -0.2) is 41.6 Å². The number of carbonyl (C=O) groups excluding carboxylic acids is 2. The third kappa shape index (κ3) is 5.36. The third-order valence-electron chi connectivity index (χ3n) is 5.40. The number of aromatic nitrogens is 1. The summed E-state index contributed by atoms with van der Waals surface area (Å²) >= 11 is 0. The molecule has 0 saturated carbocycles. The molecule has 0 radical (unpaired) electrons. The van der Waals surface area contributed by atoms with Crippen LogP contribution in [0, 0.1) is 13.8 Å². The minimum absolute atomic E-state index is 0.0540.